The first-order valence-electron chi connectivity index (χ1n) is 5.68. The molecule has 1 aromatic carbocycles. The first-order valence-corrected chi connectivity index (χ1v) is 6.05. The zero-order valence-electron chi connectivity index (χ0n) is 10.1. The average molecular weight is 275 g/mol. The van der Waals surface area contributed by atoms with Gasteiger partial charge >= 0.3 is 0 Å². The summed E-state index contributed by atoms with van der Waals surface area (Å²) >= 11 is 5.72. The van der Waals surface area contributed by atoms with Gasteiger partial charge in [-0.25, -0.2) is 4.39 Å². The highest BCUT2D eigenvalue weighted by atomic mass is 35.5. The van der Waals surface area contributed by atoms with Gasteiger partial charge in [0.05, 0.1) is 23.0 Å². The van der Waals surface area contributed by atoms with Crippen LogP contribution in [0.1, 0.15) is 6.42 Å². The molecule has 2 rings (SSSR count). The third-order valence-corrected chi connectivity index (χ3v) is 3.48. The van der Waals surface area contributed by atoms with E-state index in [0.717, 1.165) is 6.42 Å². The Kier molecular flexibility index (Phi) is 3.94. The fourth-order valence-corrected chi connectivity index (χ4v) is 2.10. The highest BCUT2D eigenvalue weighted by Gasteiger charge is 2.34. The third-order valence-electron chi connectivity index (χ3n) is 3.19. The van der Waals surface area contributed by atoms with Crippen molar-refractivity contribution < 1.29 is 13.9 Å². The van der Waals surface area contributed by atoms with Gasteiger partial charge in [0, 0.05) is 32.7 Å². The smallest absolute Gasteiger partial charge is 0.143 e. The van der Waals surface area contributed by atoms with Gasteiger partial charge in [0.2, 0.25) is 0 Å². The Hall–Kier alpha value is -1.04. The van der Waals surface area contributed by atoms with Crippen LogP contribution in [0.4, 0.5) is 15.8 Å². The predicted molar refractivity (Wildman–Crippen MR) is 69.5 cm³/mol. The van der Waals surface area contributed by atoms with Gasteiger partial charge < -0.3 is 20.5 Å². The molecular formula is C12H16ClFN2O2. The number of nitrogens with two attached hydrogens (primary N) is 1. The zero-order valence-corrected chi connectivity index (χ0v) is 10.9. The lowest BCUT2D eigenvalue weighted by Gasteiger charge is -2.26. The summed E-state index contributed by atoms with van der Waals surface area (Å²) in [5.41, 5.74) is 6.30. The number of hydrogen-bond donors (Lipinski definition) is 2. The number of nitrogens with one attached hydrogen (secondary N) is 1. The first kappa shape index (κ1) is 13.4. The molecule has 1 atom stereocenters. The molecule has 1 saturated heterocycles. The number of rotatable bonds is 4. The summed E-state index contributed by atoms with van der Waals surface area (Å²) < 4.78 is 24.0. The topological polar surface area (TPSA) is 56.5 Å². The monoisotopic (exact) mass is 274 g/mol. The van der Waals surface area contributed by atoms with E-state index < -0.39 is 5.82 Å². The molecule has 1 heterocycles. The molecule has 0 bridgehead atoms. The van der Waals surface area contributed by atoms with E-state index in [1.54, 1.807) is 7.11 Å². The van der Waals surface area contributed by atoms with E-state index in [1.165, 1.54) is 12.1 Å². The Balaban J connectivity index is 2.08. The van der Waals surface area contributed by atoms with E-state index in [1.807, 2.05) is 0 Å². The molecule has 4 nitrogen and oxygen atoms in total. The van der Waals surface area contributed by atoms with Crippen LogP contribution in [-0.4, -0.2) is 32.5 Å². The first-order chi connectivity index (χ1) is 8.56. The van der Waals surface area contributed by atoms with Crippen LogP contribution in [0.3, 0.4) is 0 Å². The minimum absolute atomic E-state index is 0.0424. The van der Waals surface area contributed by atoms with Crippen LogP contribution >= 0.6 is 11.6 Å². The van der Waals surface area contributed by atoms with Crippen LogP contribution in [0.2, 0.25) is 5.02 Å². The minimum Gasteiger partial charge on any atom is -0.397 e. The second-order valence-electron chi connectivity index (χ2n) is 4.40. The van der Waals surface area contributed by atoms with Gasteiger partial charge in [-0.3, -0.25) is 0 Å². The summed E-state index contributed by atoms with van der Waals surface area (Å²) in [7, 11) is 1.65. The quantitative estimate of drug-likeness (QED) is 0.827. The van der Waals surface area contributed by atoms with Gasteiger partial charge in [-0.05, 0) is 6.07 Å². The van der Waals surface area contributed by atoms with Crippen molar-refractivity contribution in [2.45, 2.75) is 12.0 Å². The van der Waals surface area contributed by atoms with E-state index in [4.69, 9.17) is 26.8 Å². The molecule has 6 heteroatoms. The Morgan fingerprint density at radius 1 is 1.61 bits per heavy atom. The van der Waals surface area contributed by atoms with Gasteiger partial charge in [-0.1, -0.05) is 11.6 Å². The molecular weight excluding hydrogens is 259 g/mol. The van der Waals surface area contributed by atoms with Gasteiger partial charge in [0.15, 0.2) is 0 Å². The highest BCUT2D eigenvalue weighted by molar-refractivity contribution is 6.31. The molecule has 0 aliphatic carbocycles. The molecule has 1 aromatic rings. The summed E-state index contributed by atoms with van der Waals surface area (Å²) in [6.45, 7) is 1.75. The molecule has 0 spiro atoms. The van der Waals surface area contributed by atoms with Crippen LogP contribution in [0.15, 0.2) is 12.1 Å². The van der Waals surface area contributed by atoms with Gasteiger partial charge in [0.1, 0.15) is 11.4 Å². The maximum absolute atomic E-state index is 13.2. The molecule has 3 N–H and O–H groups in total. The molecule has 1 aliphatic rings. The molecule has 1 fully saturated rings. The lowest BCUT2D eigenvalue weighted by molar-refractivity contribution is -0.00618. The molecule has 100 valence electrons. The number of nitrogen functional groups attached to an aromatic ring is 1. The van der Waals surface area contributed by atoms with Crippen molar-refractivity contribution in [3.63, 3.8) is 0 Å². The van der Waals surface area contributed by atoms with Crippen molar-refractivity contribution in [1.29, 1.82) is 0 Å². The van der Waals surface area contributed by atoms with Crippen molar-refractivity contribution in [2.75, 3.05) is 37.9 Å². The van der Waals surface area contributed by atoms with E-state index in [-0.39, 0.29) is 10.6 Å². The third kappa shape index (κ3) is 2.68. The fraction of sp³-hybridized carbons (Fsp3) is 0.500. The summed E-state index contributed by atoms with van der Waals surface area (Å²) in [5.74, 6) is -0.523. The number of anilines is 2. The van der Waals surface area contributed by atoms with Crippen molar-refractivity contribution in [3.8, 4) is 0 Å². The van der Waals surface area contributed by atoms with Crippen molar-refractivity contribution >= 4 is 23.0 Å². The summed E-state index contributed by atoms with van der Waals surface area (Å²) in [5, 5.41) is 3.18. The van der Waals surface area contributed by atoms with E-state index in [9.17, 15) is 4.39 Å². The Labute approximate surface area is 110 Å². The van der Waals surface area contributed by atoms with Crippen molar-refractivity contribution in [3.05, 3.63) is 23.0 Å². The summed E-state index contributed by atoms with van der Waals surface area (Å²) in [6, 6.07) is 2.68. The molecule has 0 aromatic heterocycles. The molecule has 0 amide bonds. The lowest BCUT2D eigenvalue weighted by atomic mass is 10.0. The number of halogens is 2. The number of methoxy groups -OCH3 is 1. The molecule has 1 aliphatic heterocycles. The standard InChI is InChI=1S/C12H16ClFN2O2/c1-17-12(2-3-18-7-12)6-16-11-4-8(13)9(14)5-10(11)15/h4-5,16H,2-3,6-7,15H2,1H3. The van der Waals surface area contributed by atoms with Crippen LogP contribution < -0.4 is 11.1 Å². The fourth-order valence-electron chi connectivity index (χ4n) is 1.93. The van der Waals surface area contributed by atoms with Gasteiger partial charge in [-0.2, -0.15) is 0 Å². The second kappa shape index (κ2) is 5.30. The minimum atomic E-state index is -0.523. The number of hydrogen-bond acceptors (Lipinski definition) is 4. The lowest BCUT2D eigenvalue weighted by Crippen LogP contribution is -2.39. The predicted octanol–water partition coefficient (Wildman–Crippen LogP) is 2.28. The second-order valence-corrected chi connectivity index (χ2v) is 4.80. The normalized spacial score (nSPS) is 23.3. The van der Waals surface area contributed by atoms with Crippen LogP contribution in [0, 0.1) is 5.82 Å². The van der Waals surface area contributed by atoms with E-state index in [0.29, 0.717) is 31.1 Å². The summed E-state index contributed by atoms with van der Waals surface area (Å²) in [6.07, 6.45) is 0.811. The number of ether oxygens (including phenoxy) is 2. The van der Waals surface area contributed by atoms with Gasteiger partial charge in [0.25, 0.3) is 0 Å². The van der Waals surface area contributed by atoms with Crippen LogP contribution in [0.5, 0.6) is 0 Å². The molecule has 18 heavy (non-hydrogen) atoms. The average Bonchev–Trinajstić information content (AvgIpc) is 2.82. The van der Waals surface area contributed by atoms with Gasteiger partial charge in [-0.15, -0.1) is 0 Å². The zero-order chi connectivity index (χ0) is 13.2. The van der Waals surface area contributed by atoms with E-state index >= 15 is 0 Å². The van der Waals surface area contributed by atoms with E-state index in [2.05, 4.69) is 5.32 Å². The summed E-state index contributed by atoms with van der Waals surface area (Å²) in [4.78, 5) is 0. The van der Waals surface area contributed by atoms with Crippen LogP contribution in [-0.2, 0) is 9.47 Å². The Bertz CT molecular complexity index is 436. The molecule has 0 saturated carbocycles. The van der Waals surface area contributed by atoms with Crippen molar-refractivity contribution in [1.82, 2.24) is 0 Å². The number of benzene rings is 1. The molecule has 1 unspecified atom stereocenters. The Morgan fingerprint density at radius 3 is 3.00 bits per heavy atom. The highest BCUT2D eigenvalue weighted by Crippen LogP contribution is 2.28. The maximum Gasteiger partial charge on any atom is 0.143 e. The van der Waals surface area contributed by atoms with Crippen LogP contribution in [0.25, 0.3) is 0 Å². The SMILES string of the molecule is COC1(CNc2cc(Cl)c(F)cc2N)CCOC1. The molecule has 0 radical (unpaired) electrons. The largest absolute Gasteiger partial charge is 0.397 e. The maximum atomic E-state index is 13.2. The van der Waals surface area contributed by atoms with Crippen molar-refractivity contribution in [2.24, 2.45) is 0 Å². The Morgan fingerprint density at radius 2 is 2.39 bits per heavy atom.